The number of methoxy groups -OCH3 is 1. The van der Waals surface area contributed by atoms with E-state index in [0.717, 1.165) is 24.6 Å². The molecule has 1 aromatic rings. The molecule has 0 unspecified atom stereocenters. The van der Waals surface area contributed by atoms with Crippen molar-refractivity contribution < 1.29 is 4.74 Å². The topological polar surface area (TPSA) is 51.4 Å². The summed E-state index contributed by atoms with van der Waals surface area (Å²) in [7, 11) is 1.62. The van der Waals surface area contributed by atoms with E-state index in [-0.39, 0.29) is 24.8 Å². The molecule has 16 heavy (non-hydrogen) atoms. The van der Waals surface area contributed by atoms with Gasteiger partial charge in [0.25, 0.3) is 0 Å². The van der Waals surface area contributed by atoms with Gasteiger partial charge in [0.2, 0.25) is 5.88 Å². The minimum absolute atomic E-state index is 0. The molecular weight excluding hydrogens is 249 g/mol. The molecule has 0 radical (unpaired) electrons. The van der Waals surface area contributed by atoms with Crippen molar-refractivity contribution in [2.45, 2.75) is 12.8 Å². The summed E-state index contributed by atoms with van der Waals surface area (Å²) in [6.45, 7) is 2.09. The summed E-state index contributed by atoms with van der Waals surface area (Å²) in [5, 5.41) is 0. The van der Waals surface area contributed by atoms with Crippen LogP contribution in [0, 0.1) is 0 Å². The fraction of sp³-hybridized carbons (Fsp3) is 0.500. The predicted molar refractivity (Wildman–Crippen MR) is 71.1 cm³/mol. The Morgan fingerprint density at radius 3 is 2.44 bits per heavy atom. The van der Waals surface area contributed by atoms with Crippen LogP contribution >= 0.6 is 24.8 Å². The molecule has 0 bridgehead atoms. The number of ether oxygens (including phenoxy) is 1. The van der Waals surface area contributed by atoms with Gasteiger partial charge in [0.15, 0.2) is 5.82 Å². The second kappa shape index (κ2) is 6.66. The van der Waals surface area contributed by atoms with Crippen LogP contribution in [0.1, 0.15) is 12.8 Å². The van der Waals surface area contributed by atoms with E-state index in [1.807, 2.05) is 6.07 Å². The van der Waals surface area contributed by atoms with Gasteiger partial charge >= 0.3 is 0 Å². The van der Waals surface area contributed by atoms with Gasteiger partial charge in [0, 0.05) is 19.2 Å². The number of hydrogen-bond acceptors (Lipinski definition) is 4. The van der Waals surface area contributed by atoms with Crippen molar-refractivity contribution in [1.29, 1.82) is 0 Å². The van der Waals surface area contributed by atoms with Gasteiger partial charge in [0.1, 0.15) is 0 Å². The SMILES string of the molecule is COc1ccc(N)c(N2CCCC2)n1.Cl.Cl. The van der Waals surface area contributed by atoms with Crippen molar-refractivity contribution >= 4 is 36.3 Å². The van der Waals surface area contributed by atoms with E-state index in [4.69, 9.17) is 10.5 Å². The van der Waals surface area contributed by atoms with Crippen molar-refractivity contribution in [3.63, 3.8) is 0 Å². The van der Waals surface area contributed by atoms with Crippen molar-refractivity contribution in [1.82, 2.24) is 4.98 Å². The third kappa shape index (κ3) is 3.06. The lowest BCUT2D eigenvalue weighted by Gasteiger charge is -2.18. The first-order valence-electron chi connectivity index (χ1n) is 4.87. The largest absolute Gasteiger partial charge is 0.481 e. The van der Waals surface area contributed by atoms with Crippen molar-refractivity contribution in [3.05, 3.63) is 12.1 Å². The summed E-state index contributed by atoms with van der Waals surface area (Å²) in [4.78, 5) is 6.56. The van der Waals surface area contributed by atoms with Gasteiger partial charge in [-0.1, -0.05) is 0 Å². The highest BCUT2D eigenvalue weighted by Gasteiger charge is 2.16. The van der Waals surface area contributed by atoms with E-state index in [2.05, 4.69) is 9.88 Å². The van der Waals surface area contributed by atoms with Gasteiger partial charge in [-0.05, 0) is 18.9 Å². The zero-order valence-corrected chi connectivity index (χ0v) is 10.8. The number of nitrogens with two attached hydrogens (primary N) is 1. The van der Waals surface area contributed by atoms with Crippen LogP contribution in [0.5, 0.6) is 5.88 Å². The van der Waals surface area contributed by atoms with Gasteiger partial charge in [-0.2, -0.15) is 4.98 Å². The van der Waals surface area contributed by atoms with Gasteiger partial charge in [0.05, 0.1) is 12.8 Å². The zero-order chi connectivity index (χ0) is 9.97. The standard InChI is InChI=1S/C10H15N3O.2ClH/c1-14-9-5-4-8(11)10(12-9)13-6-2-3-7-13;;/h4-5H,2-3,6-7,11H2,1H3;2*1H. The Hall–Kier alpha value is -0.870. The van der Waals surface area contributed by atoms with Crippen molar-refractivity contribution in [2.75, 3.05) is 30.8 Å². The minimum Gasteiger partial charge on any atom is -0.481 e. The number of rotatable bonds is 2. The van der Waals surface area contributed by atoms with Gasteiger partial charge in [-0.15, -0.1) is 24.8 Å². The smallest absolute Gasteiger partial charge is 0.215 e. The van der Waals surface area contributed by atoms with E-state index in [9.17, 15) is 0 Å². The molecule has 1 aromatic heterocycles. The van der Waals surface area contributed by atoms with Crippen LogP contribution < -0.4 is 15.4 Å². The molecule has 0 atom stereocenters. The highest BCUT2D eigenvalue weighted by molar-refractivity contribution is 5.85. The predicted octanol–water partition coefficient (Wildman–Crippen LogP) is 2.12. The third-order valence-corrected chi connectivity index (χ3v) is 2.49. The number of halogens is 2. The first kappa shape index (κ1) is 15.1. The second-order valence-electron chi connectivity index (χ2n) is 3.46. The number of nitrogen functional groups attached to an aromatic ring is 1. The molecule has 4 nitrogen and oxygen atoms in total. The Balaban J connectivity index is 0.00000112. The van der Waals surface area contributed by atoms with Gasteiger partial charge in [-0.3, -0.25) is 0 Å². The quantitative estimate of drug-likeness (QED) is 0.890. The van der Waals surface area contributed by atoms with E-state index in [1.54, 1.807) is 13.2 Å². The molecule has 2 N–H and O–H groups in total. The van der Waals surface area contributed by atoms with Gasteiger partial charge in [-0.25, -0.2) is 0 Å². The summed E-state index contributed by atoms with van der Waals surface area (Å²) >= 11 is 0. The summed E-state index contributed by atoms with van der Waals surface area (Å²) in [6.07, 6.45) is 2.44. The molecule has 6 heteroatoms. The molecule has 0 saturated carbocycles. The maximum atomic E-state index is 5.86. The van der Waals surface area contributed by atoms with E-state index in [1.165, 1.54) is 12.8 Å². The van der Waals surface area contributed by atoms with Crippen LogP contribution in [0.3, 0.4) is 0 Å². The lowest BCUT2D eigenvalue weighted by molar-refractivity contribution is 0.398. The fourth-order valence-electron chi connectivity index (χ4n) is 1.74. The monoisotopic (exact) mass is 265 g/mol. The second-order valence-corrected chi connectivity index (χ2v) is 3.46. The Labute approximate surface area is 108 Å². The maximum Gasteiger partial charge on any atom is 0.215 e. The fourth-order valence-corrected chi connectivity index (χ4v) is 1.74. The normalized spacial score (nSPS) is 13.9. The highest BCUT2D eigenvalue weighted by Crippen LogP contribution is 2.26. The Bertz CT molecular complexity index is 330. The minimum atomic E-state index is 0. The maximum absolute atomic E-state index is 5.86. The average molecular weight is 266 g/mol. The number of hydrogen-bond donors (Lipinski definition) is 1. The zero-order valence-electron chi connectivity index (χ0n) is 9.18. The number of anilines is 2. The number of aromatic nitrogens is 1. The van der Waals surface area contributed by atoms with Crippen LogP contribution in [-0.4, -0.2) is 25.2 Å². The highest BCUT2D eigenvalue weighted by atomic mass is 35.5. The lowest BCUT2D eigenvalue weighted by atomic mass is 10.3. The van der Waals surface area contributed by atoms with E-state index in [0.29, 0.717) is 5.88 Å². The Morgan fingerprint density at radius 1 is 1.25 bits per heavy atom. The number of pyridine rings is 1. The molecule has 1 saturated heterocycles. The Morgan fingerprint density at radius 2 is 1.88 bits per heavy atom. The summed E-state index contributed by atoms with van der Waals surface area (Å²) < 4.78 is 5.08. The number of nitrogens with zero attached hydrogens (tertiary/aromatic N) is 2. The van der Waals surface area contributed by atoms with Crippen LogP contribution in [0.4, 0.5) is 11.5 Å². The van der Waals surface area contributed by atoms with Crippen LogP contribution in [-0.2, 0) is 0 Å². The Kier molecular flexibility index (Phi) is 6.29. The molecule has 0 aliphatic carbocycles. The average Bonchev–Trinajstić information content (AvgIpc) is 2.71. The van der Waals surface area contributed by atoms with Crippen molar-refractivity contribution in [2.24, 2.45) is 0 Å². The van der Waals surface area contributed by atoms with Crippen LogP contribution in [0.25, 0.3) is 0 Å². The molecular formula is C10H17Cl2N3O. The van der Waals surface area contributed by atoms with Crippen molar-refractivity contribution in [3.8, 4) is 5.88 Å². The first-order valence-corrected chi connectivity index (χ1v) is 4.87. The lowest BCUT2D eigenvalue weighted by Crippen LogP contribution is -2.20. The summed E-state index contributed by atoms with van der Waals surface area (Å²) in [6, 6.07) is 3.63. The molecule has 1 aliphatic rings. The van der Waals surface area contributed by atoms with Crippen LogP contribution in [0.2, 0.25) is 0 Å². The third-order valence-electron chi connectivity index (χ3n) is 2.49. The van der Waals surface area contributed by atoms with E-state index < -0.39 is 0 Å². The molecule has 1 fully saturated rings. The molecule has 0 aromatic carbocycles. The molecule has 2 heterocycles. The van der Waals surface area contributed by atoms with Crippen LogP contribution in [0.15, 0.2) is 12.1 Å². The first-order chi connectivity index (χ1) is 6.81. The molecule has 1 aliphatic heterocycles. The van der Waals surface area contributed by atoms with Gasteiger partial charge < -0.3 is 15.4 Å². The summed E-state index contributed by atoms with van der Waals surface area (Å²) in [5.74, 6) is 1.49. The van der Waals surface area contributed by atoms with E-state index >= 15 is 0 Å². The molecule has 0 amide bonds. The molecule has 92 valence electrons. The molecule has 0 spiro atoms. The molecule has 2 rings (SSSR count). The summed E-state index contributed by atoms with van der Waals surface area (Å²) in [5.41, 5.74) is 6.59.